The van der Waals surface area contributed by atoms with Gasteiger partial charge in [-0.15, -0.1) is 0 Å². The molecule has 126 valence electrons. The highest BCUT2D eigenvalue weighted by molar-refractivity contribution is 7.98. The van der Waals surface area contributed by atoms with Crippen molar-refractivity contribution >= 4 is 23.6 Å². The number of amides is 2. The summed E-state index contributed by atoms with van der Waals surface area (Å²) < 4.78 is 4.95. The Labute approximate surface area is 141 Å². The summed E-state index contributed by atoms with van der Waals surface area (Å²) in [5.74, 6) is 0.533. The van der Waals surface area contributed by atoms with Crippen molar-refractivity contribution < 1.29 is 14.3 Å². The Morgan fingerprint density at radius 3 is 2.74 bits per heavy atom. The lowest BCUT2D eigenvalue weighted by Gasteiger charge is -2.17. The minimum Gasteiger partial charge on any atom is -0.363 e. The van der Waals surface area contributed by atoms with Crippen LogP contribution in [0.1, 0.15) is 18.4 Å². The molecule has 0 spiro atoms. The lowest BCUT2D eigenvalue weighted by Crippen LogP contribution is -2.48. The summed E-state index contributed by atoms with van der Waals surface area (Å²) in [5.41, 5.74) is 1.26. The first-order chi connectivity index (χ1) is 11.2. The van der Waals surface area contributed by atoms with E-state index in [1.807, 2.05) is 24.5 Å². The quantitative estimate of drug-likeness (QED) is 0.500. The van der Waals surface area contributed by atoms with Crippen molar-refractivity contribution in [3.63, 3.8) is 0 Å². The summed E-state index contributed by atoms with van der Waals surface area (Å²) in [6.07, 6.45) is 4.06. The van der Waals surface area contributed by atoms with Crippen LogP contribution in [0.3, 0.4) is 0 Å². The minimum absolute atomic E-state index is 0.110. The Morgan fingerprint density at radius 1 is 1.35 bits per heavy atom. The number of rotatable bonds is 10. The highest BCUT2D eigenvalue weighted by atomic mass is 32.2. The van der Waals surface area contributed by atoms with Gasteiger partial charge in [0, 0.05) is 6.54 Å². The predicted octanol–water partition coefficient (Wildman–Crippen LogP) is 1.37. The molecule has 2 N–H and O–H groups in total. The molecule has 6 heteroatoms. The summed E-state index contributed by atoms with van der Waals surface area (Å²) in [6, 6.07) is 9.71. The molecule has 1 heterocycles. The molecule has 2 atom stereocenters. The topological polar surface area (TPSA) is 70.7 Å². The number of aryl methyl sites for hydroxylation is 1. The highest BCUT2D eigenvalue weighted by Gasteiger charge is 2.33. The zero-order chi connectivity index (χ0) is 16.5. The number of hydrogen-bond acceptors (Lipinski definition) is 4. The highest BCUT2D eigenvalue weighted by Crippen LogP contribution is 2.10. The number of ether oxygens (including phenoxy) is 1. The normalized spacial score (nSPS) is 17.3. The monoisotopic (exact) mass is 336 g/mol. The summed E-state index contributed by atoms with van der Waals surface area (Å²) in [7, 11) is 0. The minimum atomic E-state index is -0.476. The van der Waals surface area contributed by atoms with E-state index >= 15 is 0 Å². The first-order valence-corrected chi connectivity index (χ1v) is 9.32. The van der Waals surface area contributed by atoms with Gasteiger partial charge in [-0.1, -0.05) is 30.3 Å². The summed E-state index contributed by atoms with van der Waals surface area (Å²) in [5, 5.41) is 5.71. The second kappa shape index (κ2) is 9.57. The molecule has 23 heavy (non-hydrogen) atoms. The lowest BCUT2D eigenvalue weighted by molar-refractivity contribution is -0.129. The molecule has 0 aromatic heterocycles. The largest absolute Gasteiger partial charge is 0.363 e. The van der Waals surface area contributed by atoms with E-state index in [9.17, 15) is 9.59 Å². The van der Waals surface area contributed by atoms with Crippen LogP contribution in [0.15, 0.2) is 30.3 Å². The number of benzene rings is 1. The van der Waals surface area contributed by atoms with Gasteiger partial charge >= 0.3 is 0 Å². The number of thioether (sulfide) groups is 1. The fourth-order valence-electron chi connectivity index (χ4n) is 2.24. The molecular formula is C17H24N2O3S. The maximum absolute atomic E-state index is 12.3. The van der Waals surface area contributed by atoms with E-state index < -0.39 is 6.04 Å². The van der Waals surface area contributed by atoms with Crippen molar-refractivity contribution in [3.8, 4) is 0 Å². The van der Waals surface area contributed by atoms with Crippen LogP contribution in [0, 0.1) is 0 Å². The standard InChI is InChI=1S/C17H24N2O3S/c1-23-11-9-14(19-17(21)15-12-22-15)16(20)18-10-5-8-13-6-3-2-4-7-13/h2-4,6-7,14-15H,5,8-12H2,1H3,(H,18,20)(H,19,21)/t14-,15-/m0/s1. The number of carbonyl (C=O) groups is 2. The van der Waals surface area contributed by atoms with Crippen molar-refractivity contribution in [2.24, 2.45) is 0 Å². The van der Waals surface area contributed by atoms with Gasteiger partial charge in [0.05, 0.1) is 6.61 Å². The third-order valence-corrected chi connectivity index (χ3v) is 4.30. The van der Waals surface area contributed by atoms with Crippen molar-refractivity contribution in [1.82, 2.24) is 10.6 Å². The van der Waals surface area contributed by atoms with Crippen molar-refractivity contribution in [1.29, 1.82) is 0 Å². The second-order valence-corrected chi connectivity index (χ2v) is 6.53. The van der Waals surface area contributed by atoms with Crippen LogP contribution in [0.25, 0.3) is 0 Å². The van der Waals surface area contributed by atoms with Crippen LogP contribution in [-0.4, -0.2) is 49.1 Å². The van der Waals surface area contributed by atoms with Gasteiger partial charge in [0.2, 0.25) is 5.91 Å². The van der Waals surface area contributed by atoms with Gasteiger partial charge in [0.15, 0.2) is 6.10 Å². The fraction of sp³-hybridized carbons (Fsp3) is 0.529. The molecule has 1 saturated heterocycles. The van der Waals surface area contributed by atoms with Gasteiger partial charge < -0.3 is 15.4 Å². The Balaban J connectivity index is 1.71. The molecule has 1 aliphatic rings. The molecule has 0 bridgehead atoms. The Morgan fingerprint density at radius 2 is 2.09 bits per heavy atom. The van der Waals surface area contributed by atoms with Crippen LogP contribution in [0.2, 0.25) is 0 Å². The first-order valence-electron chi connectivity index (χ1n) is 7.93. The molecule has 1 aromatic rings. The molecule has 2 rings (SSSR count). The molecule has 2 amide bonds. The van der Waals surface area contributed by atoms with E-state index in [2.05, 4.69) is 22.8 Å². The smallest absolute Gasteiger partial charge is 0.252 e. The third-order valence-electron chi connectivity index (χ3n) is 3.65. The van der Waals surface area contributed by atoms with Gasteiger partial charge in [-0.25, -0.2) is 0 Å². The molecule has 1 aliphatic heterocycles. The van der Waals surface area contributed by atoms with Crippen LogP contribution >= 0.6 is 11.8 Å². The van der Waals surface area contributed by atoms with E-state index in [-0.39, 0.29) is 17.9 Å². The Bertz CT molecular complexity index is 506. The number of carbonyl (C=O) groups excluding carboxylic acids is 2. The third kappa shape index (κ3) is 6.62. The molecule has 0 saturated carbocycles. The van der Waals surface area contributed by atoms with Gasteiger partial charge in [-0.3, -0.25) is 9.59 Å². The SMILES string of the molecule is CSCC[C@H](NC(=O)[C@@H]1CO1)C(=O)NCCCc1ccccc1. The second-order valence-electron chi connectivity index (χ2n) is 5.54. The summed E-state index contributed by atoms with van der Waals surface area (Å²) >= 11 is 1.66. The van der Waals surface area contributed by atoms with E-state index in [0.29, 0.717) is 19.6 Å². The molecular weight excluding hydrogens is 312 g/mol. The van der Waals surface area contributed by atoms with E-state index in [0.717, 1.165) is 18.6 Å². The summed E-state index contributed by atoms with van der Waals surface area (Å²) in [4.78, 5) is 24.0. The van der Waals surface area contributed by atoms with E-state index in [1.54, 1.807) is 11.8 Å². The van der Waals surface area contributed by atoms with Crippen LogP contribution in [-0.2, 0) is 20.7 Å². The van der Waals surface area contributed by atoms with Gasteiger partial charge in [0.25, 0.3) is 5.91 Å². The fourth-order valence-corrected chi connectivity index (χ4v) is 2.71. The Kier molecular flexibility index (Phi) is 7.42. The van der Waals surface area contributed by atoms with Crippen LogP contribution < -0.4 is 10.6 Å². The van der Waals surface area contributed by atoms with E-state index in [1.165, 1.54) is 5.56 Å². The maximum atomic E-state index is 12.3. The van der Waals surface area contributed by atoms with Gasteiger partial charge in [-0.2, -0.15) is 11.8 Å². The van der Waals surface area contributed by atoms with Crippen molar-refractivity contribution in [2.45, 2.75) is 31.4 Å². The maximum Gasteiger partial charge on any atom is 0.252 e. The van der Waals surface area contributed by atoms with Gasteiger partial charge in [-0.05, 0) is 36.8 Å². The number of hydrogen-bond donors (Lipinski definition) is 2. The van der Waals surface area contributed by atoms with Gasteiger partial charge in [0.1, 0.15) is 6.04 Å². The summed E-state index contributed by atoms with van der Waals surface area (Å²) in [6.45, 7) is 1.07. The Hall–Kier alpha value is -1.53. The van der Waals surface area contributed by atoms with Crippen molar-refractivity contribution in [2.75, 3.05) is 25.2 Å². The molecule has 5 nitrogen and oxygen atoms in total. The number of epoxide rings is 1. The first kappa shape index (κ1) is 17.8. The molecule has 0 aliphatic carbocycles. The predicted molar refractivity (Wildman–Crippen MR) is 92.4 cm³/mol. The average molecular weight is 336 g/mol. The lowest BCUT2D eigenvalue weighted by atomic mass is 10.1. The van der Waals surface area contributed by atoms with Crippen molar-refractivity contribution in [3.05, 3.63) is 35.9 Å². The molecule has 1 fully saturated rings. The molecule has 1 aromatic carbocycles. The molecule has 0 radical (unpaired) electrons. The average Bonchev–Trinajstić information content (AvgIpc) is 3.41. The number of nitrogens with one attached hydrogen (secondary N) is 2. The zero-order valence-corrected chi connectivity index (χ0v) is 14.2. The van der Waals surface area contributed by atoms with Crippen LogP contribution in [0.4, 0.5) is 0 Å². The molecule has 0 unspecified atom stereocenters. The van der Waals surface area contributed by atoms with Crippen LogP contribution in [0.5, 0.6) is 0 Å². The van der Waals surface area contributed by atoms with E-state index in [4.69, 9.17) is 4.74 Å². The zero-order valence-electron chi connectivity index (χ0n) is 13.4.